The average Bonchev–Trinajstić information content (AvgIpc) is 3.88. The Morgan fingerprint density at radius 1 is 0.963 bits per heavy atom. The van der Waals surface area contributed by atoms with E-state index < -0.39 is 12.3 Å². The minimum atomic E-state index is -0.827. The molecular weight excluding hydrogens is 679 g/mol. The third-order valence-electron chi connectivity index (χ3n) is 12.4. The zero-order valence-corrected chi connectivity index (χ0v) is 31.7. The number of imidazole rings is 1. The third kappa shape index (κ3) is 7.69. The van der Waals surface area contributed by atoms with Crippen molar-refractivity contribution < 1.29 is 9.90 Å². The van der Waals surface area contributed by atoms with Crippen LogP contribution in [0.15, 0.2) is 65.8 Å². The van der Waals surface area contributed by atoms with Crippen molar-refractivity contribution >= 4 is 27.8 Å². The molecule has 2 amide bonds. The Labute approximate surface area is 316 Å². The van der Waals surface area contributed by atoms with Gasteiger partial charge in [0.15, 0.2) is 0 Å². The fraction of sp³-hybridized carbons (Fsp3) is 0.524. The van der Waals surface area contributed by atoms with E-state index in [4.69, 9.17) is 4.98 Å². The molecule has 54 heavy (non-hydrogen) atoms. The van der Waals surface area contributed by atoms with Crippen molar-refractivity contribution in [3.8, 4) is 0 Å². The molecular formula is C42H55N9O3. The second-order valence-corrected chi connectivity index (χ2v) is 15.9. The number of nitrogens with one attached hydrogen (secondary N) is 3. The van der Waals surface area contributed by atoms with Crippen LogP contribution in [-0.4, -0.2) is 108 Å². The van der Waals surface area contributed by atoms with Gasteiger partial charge in [0.2, 0.25) is 0 Å². The van der Waals surface area contributed by atoms with Crippen LogP contribution in [0.5, 0.6) is 0 Å². The second kappa shape index (κ2) is 16.1. The maximum Gasteiger partial charge on any atom is 0.317 e. The molecule has 2 aromatic carbocycles. The number of rotatable bonds is 10. The predicted molar refractivity (Wildman–Crippen MR) is 212 cm³/mol. The van der Waals surface area contributed by atoms with Crippen LogP contribution in [0.4, 0.5) is 4.79 Å². The molecule has 0 spiro atoms. The van der Waals surface area contributed by atoms with Gasteiger partial charge in [-0.1, -0.05) is 31.2 Å². The Hall–Kier alpha value is -4.52. The number of hydrogen-bond donors (Lipinski definition) is 4. The van der Waals surface area contributed by atoms with E-state index in [2.05, 4.69) is 67.0 Å². The van der Waals surface area contributed by atoms with Gasteiger partial charge in [0.05, 0.1) is 17.8 Å². The van der Waals surface area contributed by atoms with Crippen LogP contribution in [0.3, 0.4) is 0 Å². The number of urea groups is 1. The number of nitrogens with zero attached hydrogens (tertiary/aromatic N) is 6. The summed E-state index contributed by atoms with van der Waals surface area (Å²) in [7, 11) is 0. The van der Waals surface area contributed by atoms with Crippen LogP contribution >= 0.6 is 0 Å². The monoisotopic (exact) mass is 733 g/mol. The molecule has 12 nitrogen and oxygen atoms in total. The highest BCUT2D eigenvalue weighted by Gasteiger charge is 2.35. The molecule has 3 saturated heterocycles. The number of aliphatic hydroxyl groups is 1. The smallest absolute Gasteiger partial charge is 0.317 e. The lowest BCUT2D eigenvalue weighted by molar-refractivity contribution is -0.0466. The van der Waals surface area contributed by atoms with E-state index in [1.807, 2.05) is 47.6 Å². The summed E-state index contributed by atoms with van der Waals surface area (Å²) in [4.78, 5) is 41.3. The molecule has 2 atom stereocenters. The van der Waals surface area contributed by atoms with Crippen molar-refractivity contribution in [2.24, 2.45) is 0 Å². The van der Waals surface area contributed by atoms with Crippen molar-refractivity contribution in [1.29, 1.82) is 0 Å². The van der Waals surface area contributed by atoms with E-state index in [1.54, 1.807) is 0 Å². The highest BCUT2D eigenvalue weighted by molar-refractivity contribution is 5.82. The SMILES string of the molecule is CCCn1ccnc1C1CCN(C2CCN(C(O)[C@@H](Cc3cc(C)c4[nH]ncc4c3)NC(=O)N3CCC(c4cc5ccccc5[nH]c4=O)CC3)CC2)CC1. The van der Waals surface area contributed by atoms with Gasteiger partial charge in [0.1, 0.15) is 12.1 Å². The first-order valence-corrected chi connectivity index (χ1v) is 20.1. The Kier molecular flexibility index (Phi) is 10.8. The van der Waals surface area contributed by atoms with Gasteiger partial charge >= 0.3 is 6.03 Å². The van der Waals surface area contributed by atoms with Gasteiger partial charge in [-0.15, -0.1) is 0 Å². The summed E-state index contributed by atoms with van der Waals surface area (Å²) in [5.74, 6) is 1.85. The number of carbonyl (C=O) groups is 1. The first kappa shape index (κ1) is 36.5. The van der Waals surface area contributed by atoms with Crippen molar-refractivity contribution in [3.05, 3.63) is 93.9 Å². The number of piperidine rings is 3. The first-order valence-electron chi connectivity index (χ1n) is 20.1. The van der Waals surface area contributed by atoms with E-state index in [9.17, 15) is 14.7 Å². The van der Waals surface area contributed by atoms with Gasteiger partial charge in [-0.25, -0.2) is 9.78 Å². The molecule has 0 aliphatic carbocycles. The van der Waals surface area contributed by atoms with E-state index >= 15 is 0 Å². The lowest BCUT2D eigenvalue weighted by Crippen LogP contribution is -2.58. The van der Waals surface area contributed by atoms with Crippen molar-refractivity contribution in [2.75, 3.05) is 39.3 Å². The number of para-hydroxylation sites is 1. The largest absolute Gasteiger partial charge is 0.376 e. The molecule has 0 bridgehead atoms. The van der Waals surface area contributed by atoms with E-state index in [0.29, 0.717) is 44.3 Å². The molecule has 6 heterocycles. The molecule has 3 aliphatic heterocycles. The standard InChI is InChI=1S/C42H55N9O3/c1-3-15-49-22-14-43-39(49)31-10-16-48(17-11-31)34-12-20-50(21-13-34)41(53)37(25-29-23-28(2)38-33(24-29)27-44-47-38)46-42(54)51-18-8-30(9-19-51)35-26-32-6-4-5-7-36(32)45-40(35)52/h4-7,14,22-24,26-27,30-31,34,37,41,53H,3,8-13,15-21,25H2,1-2H3,(H,44,47)(H,45,52)(H,46,54)/t37-,41?/m1/s1. The van der Waals surface area contributed by atoms with Gasteiger partial charge < -0.3 is 29.8 Å². The van der Waals surface area contributed by atoms with Crippen LogP contribution < -0.4 is 10.9 Å². The van der Waals surface area contributed by atoms with Gasteiger partial charge in [0, 0.05) is 73.5 Å². The number of carbonyl (C=O) groups excluding carboxylic acids is 1. The number of fused-ring (bicyclic) bond motifs is 2. The molecule has 286 valence electrons. The zero-order chi connectivity index (χ0) is 37.2. The van der Waals surface area contributed by atoms with Crippen molar-refractivity contribution in [1.82, 2.24) is 44.7 Å². The summed E-state index contributed by atoms with van der Waals surface area (Å²) >= 11 is 0. The molecule has 3 aliphatic rings. The van der Waals surface area contributed by atoms with E-state index in [-0.39, 0.29) is 17.5 Å². The van der Waals surface area contributed by atoms with Gasteiger partial charge in [0.25, 0.3) is 5.56 Å². The molecule has 3 aromatic heterocycles. The Morgan fingerprint density at radius 3 is 2.50 bits per heavy atom. The molecule has 0 radical (unpaired) electrons. The normalized spacial score (nSPS) is 19.8. The maximum atomic E-state index is 13.9. The summed E-state index contributed by atoms with van der Waals surface area (Å²) < 4.78 is 2.33. The zero-order valence-electron chi connectivity index (χ0n) is 31.7. The highest BCUT2D eigenvalue weighted by atomic mass is 16.3. The number of hydrogen-bond acceptors (Lipinski definition) is 7. The van der Waals surface area contributed by atoms with Crippen molar-refractivity contribution in [3.63, 3.8) is 0 Å². The first-order chi connectivity index (χ1) is 26.3. The van der Waals surface area contributed by atoms with Crippen LogP contribution in [0, 0.1) is 6.92 Å². The topological polar surface area (TPSA) is 138 Å². The summed E-state index contributed by atoms with van der Waals surface area (Å²) in [5, 5.41) is 24.6. The average molecular weight is 734 g/mol. The van der Waals surface area contributed by atoms with Crippen LogP contribution in [0.2, 0.25) is 0 Å². The molecule has 4 N–H and O–H groups in total. The summed E-state index contributed by atoms with van der Waals surface area (Å²) in [6.45, 7) is 10.1. The Bertz CT molecular complexity index is 2100. The number of aryl methyl sites for hydroxylation is 2. The van der Waals surface area contributed by atoms with Gasteiger partial charge in [-0.2, -0.15) is 5.10 Å². The number of aliphatic hydroxyl groups excluding tert-OH is 1. The molecule has 12 heteroatoms. The quantitative estimate of drug-likeness (QED) is 0.149. The number of aromatic amines is 2. The van der Waals surface area contributed by atoms with Crippen molar-refractivity contribution in [2.45, 2.75) is 102 Å². The Morgan fingerprint density at radius 2 is 1.72 bits per heavy atom. The van der Waals surface area contributed by atoms with E-state index in [0.717, 1.165) is 103 Å². The van der Waals surface area contributed by atoms with Gasteiger partial charge in [-0.05, 0) is 112 Å². The number of benzene rings is 2. The third-order valence-corrected chi connectivity index (χ3v) is 12.4. The molecule has 3 fully saturated rings. The number of aromatic nitrogens is 5. The maximum absolute atomic E-state index is 13.9. The highest BCUT2D eigenvalue weighted by Crippen LogP contribution is 2.31. The molecule has 8 rings (SSSR count). The fourth-order valence-electron chi connectivity index (χ4n) is 9.43. The molecule has 1 unspecified atom stereocenters. The van der Waals surface area contributed by atoms with Gasteiger partial charge in [-0.3, -0.25) is 14.8 Å². The fourth-order valence-corrected chi connectivity index (χ4v) is 9.43. The minimum absolute atomic E-state index is 0.0479. The van der Waals surface area contributed by atoms with E-state index in [1.165, 1.54) is 5.82 Å². The lowest BCUT2D eigenvalue weighted by Gasteiger charge is -2.44. The molecule has 0 saturated carbocycles. The Balaban J connectivity index is 0.906. The number of likely N-dealkylation sites (tertiary alicyclic amines) is 3. The predicted octanol–water partition coefficient (Wildman–Crippen LogP) is 5.48. The van der Waals surface area contributed by atoms with Crippen LogP contribution in [0.25, 0.3) is 21.8 Å². The van der Waals surface area contributed by atoms with Crippen LogP contribution in [0.1, 0.15) is 86.2 Å². The summed E-state index contributed by atoms with van der Waals surface area (Å²) in [6.07, 6.45) is 12.4. The second-order valence-electron chi connectivity index (χ2n) is 15.9. The number of pyridine rings is 1. The summed E-state index contributed by atoms with van der Waals surface area (Å²) in [6, 6.07) is 13.9. The summed E-state index contributed by atoms with van der Waals surface area (Å²) in [5.41, 5.74) is 4.73. The molecule has 5 aromatic rings. The number of amides is 2. The minimum Gasteiger partial charge on any atom is -0.376 e. The lowest BCUT2D eigenvalue weighted by atomic mass is 9.89. The van der Waals surface area contributed by atoms with Crippen LogP contribution in [-0.2, 0) is 13.0 Å². The number of H-pyrrole nitrogens is 2.